The van der Waals surface area contributed by atoms with Crippen molar-refractivity contribution in [2.45, 2.75) is 26.3 Å². The van der Waals surface area contributed by atoms with E-state index in [4.69, 9.17) is 4.74 Å². The highest BCUT2D eigenvalue weighted by atomic mass is 19.1. The van der Waals surface area contributed by atoms with E-state index < -0.39 is 0 Å². The summed E-state index contributed by atoms with van der Waals surface area (Å²) in [6, 6.07) is 20.7. The van der Waals surface area contributed by atoms with Crippen LogP contribution in [0.3, 0.4) is 0 Å². The van der Waals surface area contributed by atoms with E-state index in [2.05, 4.69) is 30.9 Å². The molecule has 1 amide bonds. The van der Waals surface area contributed by atoms with E-state index >= 15 is 0 Å². The van der Waals surface area contributed by atoms with Crippen molar-refractivity contribution in [2.75, 3.05) is 33.3 Å². The molecule has 36 heavy (non-hydrogen) atoms. The summed E-state index contributed by atoms with van der Waals surface area (Å²) in [5.74, 6) is 0.711. The lowest BCUT2D eigenvalue weighted by Gasteiger charge is -2.30. The molecule has 1 aliphatic heterocycles. The van der Waals surface area contributed by atoms with Crippen molar-refractivity contribution in [1.82, 2.24) is 9.80 Å². The van der Waals surface area contributed by atoms with Crippen LogP contribution in [0.25, 0.3) is 0 Å². The molecule has 0 saturated carbocycles. The summed E-state index contributed by atoms with van der Waals surface area (Å²) in [6.45, 7) is 7.34. The van der Waals surface area contributed by atoms with Crippen molar-refractivity contribution in [1.29, 1.82) is 0 Å². The van der Waals surface area contributed by atoms with Gasteiger partial charge in [-0.3, -0.25) is 9.69 Å². The van der Waals surface area contributed by atoms with Gasteiger partial charge in [0.1, 0.15) is 17.4 Å². The number of carbonyl (C=O) groups is 1. The molecule has 2 atom stereocenters. The van der Waals surface area contributed by atoms with Gasteiger partial charge < -0.3 is 9.64 Å². The van der Waals surface area contributed by atoms with Crippen molar-refractivity contribution < 1.29 is 18.3 Å². The second-order valence-electron chi connectivity index (χ2n) is 10.0. The minimum atomic E-state index is -0.361. The lowest BCUT2D eigenvalue weighted by Crippen LogP contribution is -2.39. The monoisotopic (exact) mass is 492 g/mol. The number of amides is 1. The van der Waals surface area contributed by atoms with Crippen molar-refractivity contribution in [3.63, 3.8) is 0 Å². The van der Waals surface area contributed by atoms with Crippen molar-refractivity contribution in [3.05, 3.63) is 101 Å². The van der Waals surface area contributed by atoms with Crippen molar-refractivity contribution in [2.24, 2.45) is 11.8 Å². The third kappa shape index (κ3) is 6.30. The normalized spacial score (nSPS) is 17.9. The van der Waals surface area contributed by atoms with Gasteiger partial charge in [0.05, 0.1) is 7.11 Å². The molecule has 0 aromatic heterocycles. The number of hydrogen-bond acceptors (Lipinski definition) is 3. The van der Waals surface area contributed by atoms with Gasteiger partial charge in [-0.15, -0.1) is 0 Å². The molecule has 0 aliphatic carbocycles. The van der Waals surface area contributed by atoms with Crippen LogP contribution in [0.15, 0.2) is 72.8 Å². The number of likely N-dealkylation sites (tertiary alicyclic amines) is 1. The number of hydrogen-bond donors (Lipinski definition) is 0. The number of ether oxygens (including phenoxy) is 1. The Bertz CT molecular complexity index is 1170. The van der Waals surface area contributed by atoms with Crippen LogP contribution < -0.4 is 4.74 Å². The van der Waals surface area contributed by atoms with E-state index in [1.165, 1.54) is 18.2 Å². The Morgan fingerprint density at radius 3 is 2.47 bits per heavy atom. The Morgan fingerprint density at radius 2 is 1.78 bits per heavy atom. The predicted octanol–water partition coefficient (Wildman–Crippen LogP) is 5.99. The Morgan fingerprint density at radius 1 is 1.03 bits per heavy atom. The molecule has 3 aromatic carbocycles. The molecule has 0 unspecified atom stereocenters. The maximum atomic E-state index is 14.4. The largest absolute Gasteiger partial charge is 0.497 e. The minimum absolute atomic E-state index is 0.0966. The van der Waals surface area contributed by atoms with Gasteiger partial charge >= 0.3 is 0 Å². The number of rotatable bonds is 9. The summed E-state index contributed by atoms with van der Waals surface area (Å²) in [6.07, 6.45) is 0. The summed E-state index contributed by atoms with van der Waals surface area (Å²) in [7, 11) is 1.65. The third-order valence-corrected chi connectivity index (χ3v) is 6.81. The molecule has 0 N–H and O–H groups in total. The molecule has 4 rings (SSSR count). The van der Waals surface area contributed by atoms with Gasteiger partial charge in [0.25, 0.3) is 5.91 Å². The van der Waals surface area contributed by atoms with E-state index in [-0.39, 0.29) is 35.3 Å². The number of nitrogens with zero attached hydrogens (tertiary/aromatic N) is 2. The first kappa shape index (κ1) is 25.8. The van der Waals surface area contributed by atoms with Crippen LogP contribution in [0.2, 0.25) is 0 Å². The van der Waals surface area contributed by atoms with Crippen molar-refractivity contribution in [3.8, 4) is 5.75 Å². The van der Waals surface area contributed by atoms with E-state index in [1.807, 2.05) is 29.2 Å². The molecule has 4 nitrogen and oxygen atoms in total. The van der Waals surface area contributed by atoms with Crippen LogP contribution in [0, 0.1) is 23.5 Å². The Kier molecular flexibility index (Phi) is 8.36. The zero-order valence-electron chi connectivity index (χ0n) is 21.2. The fraction of sp³-hybridized carbons (Fsp3) is 0.367. The second kappa shape index (κ2) is 11.7. The Labute approximate surface area is 212 Å². The third-order valence-electron chi connectivity index (χ3n) is 6.81. The van der Waals surface area contributed by atoms with Gasteiger partial charge in [-0.05, 0) is 59.9 Å². The Balaban J connectivity index is 1.61. The first-order valence-corrected chi connectivity index (χ1v) is 12.5. The van der Waals surface area contributed by atoms with Crippen LogP contribution >= 0.6 is 0 Å². The smallest absolute Gasteiger partial charge is 0.253 e. The highest BCUT2D eigenvalue weighted by Crippen LogP contribution is 2.36. The maximum absolute atomic E-state index is 14.4. The SMILES string of the molecule is COc1cccc([C@@H]2CN(Cc3ccccc3F)C[C@@H]2CN(CC(C)C)C(=O)c2ccc(F)cc2)c1. The second-order valence-corrected chi connectivity index (χ2v) is 10.0. The molecular weight excluding hydrogens is 458 g/mol. The maximum Gasteiger partial charge on any atom is 0.253 e. The number of methoxy groups -OCH3 is 1. The first-order valence-electron chi connectivity index (χ1n) is 12.5. The Hall–Kier alpha value is -3.25. The van der Waals surface area contributed by atoms with Crippen LogP contribution in [-0.2, 0) is 6.54 Å². The van der Waals surface area contributed by atoms with E-state index in [1.54, 1.807) is 25.3 Å². The average molecular weight is 493 g/mol. The minimum Gasteiger partial charge on any atom is -0.497 e. The molecule has 1 saturated heterocycles. The van der Waals surface area contributed by atoms with Crippen LogP contribution in [0.4, 0.5) is 8.78 Å². The predicted molar refractivity (Wildman–Crippen MR) is 138 cm³/mol. The van der Waals surface area contributed by atoms with E-state index in [0.29, 0.717) is 30.8 Å². The lowest BCUT2D eigenvalue weighted by molar-refractivity contribution is 0.0703. The number of halogens is 2. The highest BCUT2D eigenvalue weighted by Gasteiger charge is 2.36. The summed E-state index contributed by atoms with van der Waals surface area (Å²) in [5.41, 5.74) is 2.30. The van der Waals surface area contributed by atoms with Gasteiger partial charge in [-0.25, -0.2) is 8.78 Å². The molecule has 1 heterocycles. The van der Waals surface area contributed by atoms with Gasteiger partial charge in [-0.1, -0.05) is 44.2 Å². The van der Waals surface area contributed by atoms with Gasteiger partial charge in [0, 0.05) is 49.8 Å². The molecule has 0 bridgehead atoms. The molecule has 0 spiro atoms. The molecule has 3 aromatic rings. The fourth-order valence-corrected chi connectivity index (χ4v) is 5.13. The summed E-state index contributed by atoms with van der Waals surface area (Å²) < 4.78 is 33.4. The summed E-state index contributed by atoms with van der Waals surface area (Å²) in [5, 5.41) is 0. The lowest BCUT2D eigenvalue weighted by atomic mass is 9.88. The zero-order chi connectivity index (χ0) is 25.7. The standard InChI is InChI=1S/C30H34F2N2O2/c1-21(2)16-34(30(35)22-11-13-26(31)14-12-22)19-25-18-33(17-24-7-4-5-10-29(24)32)20-28(25)23-8-6-9-27(15-23)36-3/h4-15,21,25,28H,16-20H2,1-3H3/t25-,28+/m1/s1. The van der Waals surface area contributed by atoms with Gasteiger partial charge in [-0.2, -0.15) is 0 Å². The highest BCUT2D eigenvalue weighted by molar-refractivity contribution is 5.94. The fourth-order valence-electron chi connectivity index (χ4n) is 5.13. The van der Waals surface area contributed by atoms with E-state index in [0.717, 1.165) is 24.4 Å². The van der Waals surface area contributed by atoms with Gasteiger partial charge in [0.15, 0.2) is 0 Å². The van der Waals surface area contributed by atoms with Gasteiger partial charge in [0.2, 0.25) is 0 Å². The quantitative estimate of drug-likeness (QED) is 0.368. The van der Waals surface area contributed by atoms with Crippen LogP contribution in [-0.4, -0.2) is 49.0 Å². The molecule has 6 heteroatoms. The molecule has 190 valence electrons. The molecule has 1 aliphatic rings. The van der Waals surface area contributed by atoms with E-state index in [9.17, 15) is 13.6 Å². The first-order chi connectivity index (χ1) is 17.3. The van der Waals surface area contributed by atoms with Crippen LogP contribution in [0.1, 0.15) is 41.3 Å². The number of benzene rings is 3. The number of carbonyl (C=O) groups excluding carboxylic acids is 1. The average Bonchev–Trinajstić information content (AvgIpc) is 3.27. The van der Waals surface area contributed by atoms with Crippen molar-refractivity contribution >= 4 is 5.91 Å². The summed E-state index contributed by atoms with van der Waals surface area (Å²) in [4.78, 5) is 17.6. The molecular formula is C30H34F2N2O2. The topological polar surface area (TPSA) is 32.8 Å². The summed E-state index contributed by atoms with van der Waals surface area (Å²) >= 11 is 0. The zero-order valence-corrected chi connectivity index (χ0v) is 21.2. The van der Waals surface area contributed by atoms with Crippen LogP contribution in [0.5, 0.6) is 5.75 Å². The molecule has 0 radical (unpaired) electrons. The molecule has 1 fully saturated rings.